The van der Waals surface area contributed by atoms with Crippen LogP contribution in [0.1, 0.15) is 37.8 Å². The Hall–Kier alpha value is -1.72. The van der Waals surface area contributed by atoms with Crippen LogP contribution in [0.15, 0.2) is 61.2 Å². The topological polar surface area (TPSA) is 27.7 Å². The fourth-order valence-electron chi connectivity index (χ4n) is 2.42. The Bertz CT molecular complexity index is 617. The lowest BCUT2D eigenvalue weighted by Gasteiger charge is -2.30. The van der Waals surface area contributed by atoms with Crippen molar-refractivity contribution in [2.75, 3.05) is 13.2 Å². The summed E-state index contributed by atoms with van der Waals surface area (Å²) in [5.74, 6) is 0. The summed E-state index contributed by atoms with van der Waals surface area (Å²) >= 11 is 0. The lowest BCUT2D eigenvalue weighted by Crippen LogP contribution is -2.57. The van der Waals surface area contributed by atoms with Gasteiger partial charge in [0.25, 0.3) is 0 Å². The van der Waals surface area contributed by atoms with Gasteiger partial charge in [-0.2, -0.15) is 0 Å². The van der Waals surface area contributed by atoms with Crippen molar-refractivity contribution >= 4 is 20.1 Å². The van der Waals surface area contributed by atoms with E-state index in [0.29, 0.717) is 19.8 Å². The van der Waals surface area contributed by atoms with E-state index in [1.165, 1.54) is 0 Å². The van der Waals surface area contributed by atoms with Crippen LogP contribution in [0.2, 0.25) is 0 Å². The Balaban J connectivity index is 2.29. The summed E-state index contributed by atoms with van der Waals surface area (Å²) in [5, 5.41) is 0.996. The fourth-order valence-corrected chi connectivity index (χ4v) is 5.05. The molecule has 0 aliphatic carbocycles. The number of hydrogen-bond acceptors (Lipinski definition) is 3. The zero-order valence-corrected chi connectivity index (χ0v) is 16.2. The van der Waals surface area contributed by atoms with Crippen LogP contribution in [0.4, 0.5) is 0 Å². The third-order valence-corrected chi connectivity index (χ3v) is 6.50. The molecular formula is C21H28O3Si. The van der Waals surface area contributed by atoms with Crippen molar-refractivity contribution in [3.05, 3.63) is 72.3 Å². The molecule has 0 saturated carbocycles. The summed E-state index contributed by atoms with van der Waals surface area (Å²) in [7, 11) is -2.97. The Labute approximate surface area is 152 Å². The Morgan fingerprint density at radius 2 is 1.44 bits per heavy atom. The molecule has 3 nitrogen and oxygen atoms in total. The monoisotopic (exact) mass is 356 g/mol. The molecule has 2 rings (SSSR count). The third-order valence-electron chi connectivity index (χ3n) is 3.76. The summed E-state index contributed by atoms with van der Waals surface area (Å²) < 4.78 is 18.8. The average molecular weight is 357 g/mol. The van der Waals surface area contributed by atoms with Gasteiger partial charge in [-0.05, 0) is 24.0 Å². The van der Waals surface area contributed by atoms with Gasteiger partial charge in [0.2, 0.25) is 0 Å². The molecule has 0 atom stereocenters. The molecule has 0 radical (unpaired) electrons. The number of rotatable bonds is 11. The van der Waals surface area contributed by atoms with Crippen LogP contribution in [0.3, 0.4) is 0 Å². The second-order valence-electron chi connectivity index (χ2n) is 5.85. The highest BCUT2D eigenvalue weighted by atomic mass is 28.4. The van der Waals surface area contributed by atoms with Gasteiger partial charge in [-0.15, -0.1) is 0 Å². The molecule has 2 aromatic rings. The summed E-state index contributed by atoms with van der Waals surface area (Å²) in [6, 6.07) is 18.3. The van der Waals surface area contributed by atoms with Gasteiger partial charge in [-0.25, -0.2) is 0 Å². The van der Waals surface area contributed by atoms with Crippen molar-refractivity contribution in [2.45, 2.75) is 33.3 Å². The SMILES string of the molecule is C=Cc1ccc([Si](OCCC)(OCCC)OCc2ccccc2)cc1. The Morgan fingerprint density at radius 3 is 1.96 bits per heavy atom. The van der Waals surface area contributed by atoms with Crippen LogP contribution in [0.5, 0.6) is 0 Å². The van der Waals surface area contributed by atoms with Crippen molar-refractivity contribution in [1.29, 1.82) is 0 Å². The van der Waals surface area contributed by atoms with Gasteiger partial charge >= 0.3 is 8.80 Å². The van der Waals surface area contributed by atoms with Crippen molar-refractivity contribution in [2.24, 2.45) is 0 Å². The molecule has 0 aliphatic rings. The first-order valence-electron chi connectivity index (χ1n) is 8.93. The van der Waals surface area contributed by atoms with Crippen LogP contribution in [-0.2, 0) is 19.9 Å². The molecule has 25 heavy (non-hydrogen) atoms. The molecule has 134 valence electrons. The van der Waals surface area contributed by atoms with E-state index in [9.17, 15) is 0 Å². The van der Waals surface area contributed by atoms with Gasteiger partial charge in [-0.3, -0.25) is 0 Å². The first-order valence-corrected chi connectivity index (χ1v) is 10.6. The maximum absolute atomic E-state index is 6.35. The Kier molecular flexibility index (Phi) is 8.08. The lowest BCUT2D eigenvalue weighted by molar-refractivity contribution is 0.0675. The molecule has 4 heteroatoms. The molecule has 0 saturated heterocycles. The second kappa shape index (κ2) is 10.3. The van der Waals surface area contributed by atoms with Crippen LogP contribution in [0.25, 0.3) is 6.08 Å². The molecule has 0 bridgehead atoms. The predicted octanol–water partition coefficient (Wildman–Crippen LogP) is 4.55. The van der Waals surface area contributed by atoms with Crippen LogP contribution < -0.4 is 5.19 Å². The zero-order chi connectivity index (χ0) is 18.0. The highest BCUT2D eigenvalue weighted by Crippen LogP contribution is 2.16. The molecule has 0 N–H and O–H groups in total. The van der Waals surface area contributed by atoms with Crippen molar-refractivity contribution in [3.63, 3.8) is 0 Å². The van der Waals surface area contributed by atoms with Crippen molar-refractivity contribution < 1.29 is 13.3 Å². The highest BCUT2D eigenvalue weighted by molar-refractivity contribution is 6.75. The van der Waals surface area contributed by atoms with E-state index in [1.807, 2.05) is 48.5 Å². The lowest BCUT2D eigenvalue weighted by atomic mass is 10.2. The van der Waals surface area contributed by atoms with Gasteiger partial charge in [0.05, 0.1) is 6.61 Å². The molecular weight excluding hydrogens is 328 g/mol. The summed E-state index contributed by atoms with van der Waals surface area (Å²) in [6.07, 6.45) is 3.67. The van der Waals surface area contributed by atoms with Gasteiger partial charge in [0.15, 0.2) is 0 Å². The molecule has 0 unspecified atom stereocenters. The Morgan fingerprint density at radius 1 is 0.840 bits per heavy atom. The number of hydrogen-bond donors (Lipinski definition) is 0. The van der Waals surface area contributed by atoms with E-state index in [4.69, 9.17) is 13.3 Å². The van der Waals surface area contributed by atoms with Crippen LogP contribution >= 0.6 is 0 Å². The molecule has 0 heterocycles. The fraction of sp³-hybridized carbons (Fsp3) is 0.333. The van der Waals surface area contributed by atoms with Crippen molar-refractivity contribution in [1.82, 2.24) is 0 Å². The van der Waals surface area contributed by atoms with Crippen LogP contribution in [0, 0.1) is 0 Å². The van der Waals surface area contributed by atoms with E-state index in [1.54, 1.807) is 0 Å². The standard InChI is InChI=1S/C21H28O3Si/c1-4-16-22-25(23-17-5-2,21-14-12-19(6-3)13-15-21)24-18-20-10-8-7-9-11-20/h6-15H,3-5,16-18H2,1-2H3. The van der Waals surface area contributed by atoms with E-state index in [2.05, 4.69) is 32.6 Å². The maximum atomic E-state index is 6.35. The minimum atomic E-state index is -2.97. The van der Waals surface area contributed by atoms with Gasteiger partial charge in [0.1, 0.15) is 0 Å². The molecule has 0 fully saturated rings. The molecule has 0 aliphatic heterocycles. The van der Waals surface area contributed by atoms with Crippen LogP contribution in [-0.4, -0.2) is 22.0 Å². The zero-order valence-electron chi connectivity index (χ0n) is 15.2. The van der Waals surface area contributed by atoms with E-state index in [0.717, 1.165) is 29.2 Å². The van der Waals surface area contributed by atoms with E-state index < -0.39 is 8.80 Å². The van der Waals surface area contributed by atoms with E-state index in [-0.39, 0.29) is 0 Å². The normalized spacial score (nSPS) is 11.4. The largest absolute Gasteiger partial charge is 0.537 e. The minimum absolute atomic E-state index is 0.476. The molecule has 0 spiro atoms. The second-order valence-corrected chi connectivity index (χ2v) is 8.41. The summed E-state index contributed by atoms with van der Waals surface area (Å²) in [5.41, 5.74) is 2.18. The molecule has 2 aromatic carbocycles. The maximum Gasteiger partial charge on any atom is 0.537 e. The number of benzene rings is 2. The first-order chi connectivity index (χ1) is 12.2. The van der Waals surface area contributed by atoms with Crippen molar-refractivity contribution in [3.8, 4) is 0 Å². The quantitative estimate of drug-likeness (QED) is 0.553. The first kappa shape index (κ1) is 19.6. The van der Waals surface area contributed by atoms with Gasteiger partial charge in [-0.1, -0.05) is 81.1 Å². The van der Waals surface area contributed by atoms with Gasteiger partial charge in [0, 0.05) is 18.4 Å². The summed E-state index contributed by atoms with van der Waals surface area (Å²) in [4.78, 5) is 0. The predicted molar refractivity (Wildman–Crippen MR) is 106 cm³/mol. The minimum Gasteiger partial charge on any atom is -0.370 e. The summed E-state index contributed by atoms with van der Waals surface area (Å²) in [6.45, 7) is 9.72. The average Bonchev–Trinajstić information content (AvgIpc) is 2.69. The highest BCUT2D eigenvalue weighted by Gasteiger charge is 2.43. The van der Waals surface area contributed by atoms with Gasteiger partial charge < -0.3 is 13.3 Å². The molecule has 0 aromatic heterocycles. The van der Waals surface area contributed by atoms with E-state index >= 15 is 0 Å². The smallest absolute Gasteiger partial charge is 0.370 e. The third kappa shape index (κ3) is 5.65. The molecule has 0 amide bonds.